The highest BCUT2D eigenvalue weighted by molar-refractivity contribution is 5.96. The average molecular weight is 253 g/mol. The number of benzene rings is 1. The molecular weight excluding hydrogens is 238 g/mol. The summed E-state index contributed by atoms with van der Waals surface area (Å²) in [6, 6.07) is 4.20. The van der Waals surface area contributed by atoms with Gasteiger partial charge < -0.3 is 19.9 Å². The van der Waals surface area contributed by atoms with Gasteiger partial charge in [-0.2, -0.15) is 0 Å². The van der Waals surface area contributed by atoms with E-state index < -0.39 is 12.1 Å². The Bertz CT molecular complexity index is 458. The molecule has 6 heteroatoms. The molecule has 0 aromatic heterocycles. The number of amides is 1. The van der Waals surface area contributed by atoms with Crippen LogP contribution in [-0.2, 0) is 9.53 Å². The smallest absolute Gasteiger partial charge is 0.335 e. The van der Waals surface area contributed by atoms with Gasteiger partial charge in [0.1, 0.15) is 11.9 Å². The Hall–Kier alpha value is -2.08. The number of carbonyl (C=O) groups is 2. The van der Waals surface area contributed by atoms with Gasteiger partial charge >= 0.3 is 5.97 Å². The number of carboxylic acid groups (broad SMARTS) is 1. The normalized spacial score (nSPS) is 11.7. The standard InChI is InChI=1S/C12H15NO5/c1-7(17-2)11(14)13-9-5-4-8(12(15)16)6-10(9)18-3/h4-7H,1-3H3,(H,13,14)(H,15,16)/t7-/m1/s1. The third-order valence-corrected chi connectivity index (χ3v) is 2.43. The Morgan fingerprint density at radius 3 is 2.50 bits per heavy atom. The zero-order valence-corrected chi connectivity index (χ0v) is 10.4. The molecule has 0 heterocycles. The van der Waals surface area contributed by atoms with E-state index in [-0.39, 0.29) is 17.2 Å². The van der Waals surface area contributed by atoms with Crippen LogP contribution in [0, 0.1) is 0 Å². The number of anilines is 1. The second-order valence-electron chi connectivity index (χ2n) is 3.59. The molecule has 1 atom stereocenters. The lowest BCUT2D eigenvalue weighted by Gasteiger charge is -2.13. The van der Waals surface area contributed by atoms with Gasteiger partial charge in [0.15, 0.2) is 0 Å². The van der Waals surface area contributed by atoms with Crippen LogP contribution in [-0.4, -0.2) is 37.3 Å². The predicted molar refractivity (Wildman–Crippen MR) is 65.1 cm³/mol. The third-order valence-electron chi connectivity index (χ3n) is 2.43. The molecule has 0 saturated heterocycles. The molecule has 0 unspecified atom stereocenters. The van der Waals surface area contributed by atoms with Gasteiger partial charge in [-0.1, -0.05) is 0 Å². The molecule has 0 aliphatic heterocycles. The van der Waals surface area contributed by atoms with Gasteiger partial charge in [0.2, 0.25) is 0 Å². The highest BCUT2D eigenvalue weighted by Crippen LogP contribution is 2.25. The van der Waals surface area contributed by atoms with Gasteiger partial charge in [-0.3, -0.25) is 4.79 Å². The molecule has 1 amide bonds. The summed E-state index contributed by atoms with van der Waals surface area (Å²) in [6.07, 6.45) is -0.603. The Morgan fingerprint density at radius 1 is 1.33 bits per heavy atom. The van der Waals surface area contributed by atoms with Crippen molar-refractivity contribution >= 4 is 17.6 Å². The minimum atomic E-state index is -1.06. The number of rotatable bonds is 5. The largest absolute Gasteiger partial charge is 0.495 e. The lowest BCUT2D eigenvalue weighted by molar-refractivity contribution is -0.124. The van der Waals surface area contributed by atoms with Crippen LogP contribution in [0.2, 0.25) is 0 Å². The third kappa shape index (κ3) is 3.21. The number of aromatic carboxylic acids is 1. The van der Waals surface area contributed by atoms with Crippen LogP contribution < -0.4 is 10.1 Å². The Labute approximate surface area is 105 Å². The van der Waals surface area contributed by atoms with Gasteiger partial charge in [-0.05, 0) is 25.1 Å². The summed E-state index contributed by atoms with van der Waals surface area (Å²) in [5, 5.41) is 11.4. The second kappa shape index (κ2) is 6.02. The van der Waals surface area contributed by atoms with Gasteiger partial charge in [-0.15, -0.1) is 0 Å². The summed E-state index contributed by atoms with van der Waals surface area (Å²) in [5.74, 6) is -1.11. The molecule has 1 aromatic carbocycles. The van der Waals surface area contributed by atoms with Crippen molar-refractivity contribution in [3.05, 3.63) is 23.8 Å². The molecule has 1 rings (SSSR count). The van der Waals surface area contributed by atoms with Crippen molar-refractivity contribution < 1.29 is 24.2 Å². The Kier molecular flexibility index (Phi) is 4.67. The van der Waals surface area contributed by atoms with Crippen molar-refractivity contribution in [2.75, 3.05) is 19.5 Å². The maximum absolute atomic E-state index is 11.6. The van der Waals surface area contributed by atoms with E-state index >= 15 is 0 Å². The zero-order valence-electron chi connectivity index (χ0n) is 10.4. The Balaban J connectivity index is 2.96. The topological polar surface area (TPSA) is 84.9 Å². The summed E-state index contributed by atoms with van der Waals surface area (Å²) in [7, 11) is 2.82. The van der Waals surface area contributed by atoms with E-state index in [4.69, 9.17) is 14.6 Å². The number of hydrogen-bond acceptors (Lipinski definition) is 4. The number of methoxy groups -OCH3 is 2. The first kappa shape index (κ1) is 14.0. The van der Waals surface area contributed by atoms with E-state index in [2.05, 4.69) is 5.32 Å². The fourth-order valence-electron chi connectivity index (χ4n) is 1.27. The first-order valence-electron chi connectivity index (χ1n) is 5.24. The van der Waals surface area contributed by atoms with Crippen LogP contribution in [0.25, 0.3) is 0 Å². The monoisotopic (exact) mass is 253 g/mol. The van der Waals surface area contributed by atoms with Gasteiger partial charge in [-0.25, -0.2) is 4.79 Å². The van der Waals surface area contributed by atoms with Crippen molar-refractivity contribution in [3.8, 4) is 5.75 Å². The van der Waals surface area contributed by atoms with Crippen LogP contribution in [0.3, 0.4) is 0 Å². The molecule has 18 heavy (non-hydrogen) atoms. The van der Waals surface area contributed by atoms with E-state index in [1.807, 2.05) is 0 Å². The predicted octanol–water partition coefficient (Wildman–Crippen LogP) is 1.37. The van der Waals surface area contributed by atoms with E-state index in [9.17, 15) is 9.59 Å². The molecule has 98 valence electrons. The molecule has 0 saturated carbocycles. The number of carbonyl (C=O) groups excluding carboxylic acids is 1. The summed E-state index contributed by atoms with van der Waals surface area (Å²) in [6.45, 7) is 1.60. The maximum Gasteiger partial charge on any atom is 0.335 e. The minimum Gasteiger partial charge on any atom is -0.495 e. The van der Waals surface area contributed by atoms with Crippen LogP contribution in [0.4, 0.5) is 5.69 Å². The van der Waals surface area contributed by atoms with E-state index in [1.165, 1.54) is 32.4 Å². The molecule has 0 radical (unpaired) electrons. The summed E-state index contributed by atoms with van der Waals surface area (Å²) < 4.78 is 9.90. The van der Waals surface area contributed by atoms with Crippen LogP contribution >= 0.6 is 0 Å². The average Bonchev–Trinajstić information content (AvgIpc) is 2.37. The summed E-state index contributed by atoms with van der Waals surface area (Å²) >= 11 is 0. The maximum atomic E-state index is 11.6. The number of carboxylic acids is 1. The minimum absolute atomic E-state index is 0.0876. The highest BCUT2D eigenvalue weighted by atomic mass is 16.5. The zero-order chi connectivity index (χ0) is 13.7. The number of nitrogens with one attached hydrogen (secondary N) is 1. The van der Waals surface area contributed by atoms with E-state index in [0.29, 0.717) is 5.69 Å². The van der Waals surface area contributed by atoms with Gasteiger partial charge in [0.25, 0.3) is 5.91 Å². The van der Waals surface area contributed by atoms with Crippen LogP contribution in [0.1, 0.15) is 17.3 Å². The van der Waals surface area contributed by atoms with Crippen molar-refractivity contribution in [2.45, 2.75) is 13.0 Å². The molecule has 0 aliphatic rings. The molecule has 6 nitrogen and oxygen atoms in total. The molecule has 0 aliphatic carbocycles. The van der Waals surface area contributed by atoms with Gasteiger partial charge in [0, 0.05) is 7.11 Å². The van der Waals surface area contributed by atoms with Crippen molar-refractivity contribution in [2.24, 2.45) is 0 Å². The molecule has 0 bridgehead atoms. The van der Waals surface area contributed by atoms with Crippen LogP contribution in [0.5, 0.6) is 5.75 Å². The fourth-order valence-corrected chi connectivity index (χ4v) is 1.27. The molecular formula is C12H15NO5. The molecule has 0 spiro atoms. The lowest BCUT2D eigenvalue weighted by atomic mass is 10.2. The first-order chi connectivity index (χ1) is 8.49. The summed E-state index contributed by atoms with van der Waals surface area (Å²) in [4.78, 5) is 22.4. The van der Waals surface area contributed by atoms with Crippen LogP contribution in [0.15, 0.2) is 18.2 Å². The molecule has 1 aromatic rings. The number of ether oxygens (including phenoxy) is 2. The van der Waals surface area contributed by atoms with Crippen molar-refractivity contribution in [1.29, 1.82) is 0 Å². The molecule has 0 fully saturated rings. The van der Waals surface area contributed by atoms with E-state index in [0.717, 1.165) is 0 Å². The number of hydrogen-bond donors (Lipinski definition) is 2. The lowest BCUT2D eigenvalue weighted by Crippen LogP contribution is -2.26. The SMILES string of the molecule is COc1cc(C(=O)O)ccc1NC(=O)[C@@H](C)OC. The molecule has 2 N–H and O–H groups in total. The highest BCUT2D eigenvalue weighted by Gasteiger charge is 2.15. The van der Waals surface area contributed by atoms with Crippen molar-refractivity contribution in [1.82, 2.24) is 0 Å². The quantitative estimate of drug-likeness (QED) is 0.827. The van der Waals surface area contributed by atoms with Gasteiger partial charge in [0.05, 0.1) is 18.4 Å². The fraction of sp³-hybridized carbons (Fsp3) is 0.333. The second-order valence-corrected chi connectivity index (χ2v) is 3.59. The van der Waals surface area contributed by atoms with Crippen molar-refractivity contribution in [3.63, 3.8) is 0 Å². The Morgan fingerprint density at radius 2 is 2.00 bits per heavy atom. The van der Waals surface area contributed by atoms with E-state index in [1.54, 1.807) is 6.92 Å². The summed E-state index contributed by atoms with van der Waals surface area (Å²) in [5.41, 5.74) is 0.487. The first-order valence-corrected chi connectivity index (χ1v) is 5.24.